The summed E-state index contributed by atoms with van der Waals surface area (Å²) in [6.07, 6.45) is 5.50. The lowest BCUT2D eigenvalue weighted by atomic mass is 10.0. The molecule has 2 rings (SSSR count). The van der Waals surface area contributed by atoms with E-state index in [4.69, 9.17) is 11.6 Å². The van der Waals surface area contributed by atoms with Crippen LogP contribution in [0.25, 0.3) is 0 Å². The number of rotatable bonds is 6. The van der Waals surface area contributed by atoms with Gasteiger partial charge in [0.25, 0.3) is 0 Å². The van der Waals surface area contributed by atoms with Crippen molar-refractivity contribution in [3.05, 3.63) is 34.3 Å². The topological polar surface area (TPSA) is 12.0 Å². The highest BCUT2D eigenvalue weighted by molar-refractivity contribution is 6.30. The van der Waals surface area contributed by atoms with Crippen LogP contribution < -0.4 is 5.32 Å². The fourth-order valence-corrected chi connectivity index (χ4v) is 2.77. The molecule has 0 spiro atoms. The van der Waals surface area contributed by atoms with Crippen LogP contribution in [0.2, 0.25) is 5.02 Å². The summed E-state index contributed by atoms with van der Waals surface area (Å²) in [6, 6.07) is 6.14. The summed E-state index contributed by atoms with van der Waals surface area (Å²) < 4.78 is 0. The fraction of sp³-hybridized carbons (Fsp3) is 0.600. The van der Waals surface area contributed by atoms with Gasteiger partial charge in [-0.1, -0.05) is 31.0 Å². The number of benzene rings is 1. The minimum atomic E-state index is 0.634. The van der Waals surface area contributed by atoms with Gasteiger partial charge in [0.1, 0.15) is 0 Å². The summed E-state index contributed by atoms with van der Waals surface area (Å²) in [5, 5.41) is 4.44. The van der Waals surface area contributed by atoms with Crippen LogP contribution in [0.15, 0.2) is 18.2 Å². The van der Waals surface area contributed by atoms with Crippen molar-refractivity contribution in [1.29, 1.82) is 0 Å². The molecule has 0 bridgehead atoms. The molecule has 1 N–H and O–H groups in total. The van der Waals surface area contributed by atoms with Gasteiger partial charge in [-0.3, -0.25) is 0 Å². The van der Waals surface area contributed by atoms with Crippen molar-refractivity contribution < 1.29 is 0 Å². The number of nitrogens with one attached hydrogen (secondary N) is 1. The molecule has 1 fully saturated rings. The third kappa shape index (κ3) is 3.46. The van der Waals surface area contributed by atoms with E-state index in [0.29, 0.717) is 5.41 Å². The summed E-state index contributed by atoms with van der Waals surface area (Å²) in [5.41, 5.74) is 3.28. The lowest BCUT2D eigenvalue weighted by Gasteiger charge is -2.15. The number of hydrogen-bond acceptors (Lipinski definition) is 1. The van der Waals surface area contributed by atoms with Crippen LogP contribution >= 0.6 is 11.6 Å². The van der Waals surface area contributed by atoms with Gasteiger partial charge in [0.2, 0.25) is 0 Å². The van der Waals surface area contributed by atoms with Crippen LogP contribution in [0.1, 0.15) is 43.7 Å². The predicted octanol–water partition coefficient (Wildman–Crippen LogP) is 4.32. The van der Waals surface area contributed by atoms with Crippen LogP contribution in [0.4, 0.5) is 0 Å². The highest BCUT2D eigenvalue weighted by Gasteiger charge is 2.40. The summed E-state index contributed by atoms with van der Waals surface area (Å²) in [5.74, 6) is 0. The van der Waals surface area contributed by atoms with E-state index < -0.39 is 0 Å². The molecule has 0 heterocycles. The zero-order valence-corrected chi connectivity index (χ0v) is 11.6. The molecule has 0 saturated heterocycles. The number of aryl methyl sites for hydroxylation is 1. The van der Waals surface area contributed by atoms with Crippen molar-refractivity contribution in [3.63, 3.8) is 0 Å². The van der Waals surface area contributed by atoms with E-state index in [1.165, 1.54) is 43.4 Å². The van der Waals surface area contributed by atoms with E-state index in [1.807, 2.05) is 12.1 Å². The van der Waals surface area contributed by atoms with Gasteiger partial charge in [0.05, 0.1) is 0 Å². The average Bonchev–Trinajstić information content (AvgIpc) is 3.02. The molecule has 1 saturated carbocycles. The Balaban J connectivity index is 1.82. The third-order valence-electron chi connectivity index (χ3n) is 3.86. The van der Waals surface area contributed by atoms with Gasteiger partial charge in [-0.2, -0.15) is 0 Å². The van der Waals surface area contributed by atoms with Gasteiger partial charge in [-0.15, -0.1) is 0 Å². The molecule has 0 aromatic heterocycles. The molecule has 0 aliphatic heterocycles. The smallest absolute Gasteiger partial charge is 0.0408 e. The third-order valence-corrected chi connectivity index (χ3v) is 4.09. The van der Waals surface area contributed by atoms with Crippen LogP contribution in [0.5, 0.6) is 0 Å². The minimum Gasteiger partial charge on any atom is -0.312 e. The molecule has 94 valence electrons. The standard InChI is InChI=1S/C15H22ClN/c1-3-6-15(7-8-15)11-17-10-13-4-5-14(16)9-12(13)2/h4-5,9,17H,3,6-8,10-11H2,1-2H3. The van der Waals surface area contributed by atoms with Gasteiger partial charge in [-0.05, 0) is 54.9 Å². The minimum absolute atomic E-state index is 0.634. The maximum absolute atomic E-state index is 5.95. The molecule has 0 radical (unpaired) electrons. The molecule has 1 aliphatic carbocycles. The zero-order valence-electron chi connectivity index (χ0n) is 10.9. The molecule has 0 unspecified atom stereocenters. The highest BCUT2D eigenvalue weighted by Crippen LogP contribution is 2.48. The molecule has 0 atom stereocenters. The van der Waals surface area contributed by atoms with E-state index in [1.54, 1.807) is 0 Å². The summed E-state index contributed by atoms with van der Waals surface area (Å²) in [6.45, 7) is 6.54. The Morgan fingerprint density at radius 2 is 2.12 bits per heavy atom. The summed E-state index contributed by atoms with van der Waals surface area (Å²) in [4.78, 5) is 0. The maximum atomic E-state index is 5.95. The van der Waals surface area contributed by atoms with Crippen molar-refractivity contribution in [2.24, 2.45) is 5.41 Å². The second kappa shape index (κ2) is 5.41. The van der Waals surface area contributed by atoms with E-state index in [-0.39, 0.29) is 0 Å². The lowest BCUT2D eigenvalue weighted by Crippen LogP contribution is -2.23. The van der Waals surface area contributed by atoms with Crippen LogP contribution in [0, 0.1) is 12.3 Å². The van der Waals surface area contributed by atoms with Crippen molar-refractivity contribution >= 4 is 11.6 Å². The molecule has 1 aromatic rings. The van der Waals surface area contributed by atoms with Crippen LogP contribution in [-0.4, -0.2) is 6.54 Å². The number of hydrogen-bond donors (Lipinski definition) is 1. The normalized spacial score (nSPS) is 17.1. The first-order chi connectivity index (χ1) is 8.15. The monoisotopic (exact) mass is 251 g/mol. The van der Waals surface area contributed by atoms with Crippen molar-refractivity contribution in [3.8, 4) is 0 Å². The quantitative estimate of drug-likeness (QED) is 0.794. The largest absolute Gasteiger partial charge is 0.312 e. The molecule has 0 amide bonds. The van der Waals surface area contributed by atoms with Crippen molar-refractivity contribution in [1.82, 2.24) is 5.32 Å². The van der Waals surface area contributed by atoms with E-state index in [2.05, 4.69) is 25.2 Å². The van der Waals surface area contributed by atoms with Gasteiger partial charge in [0, 0.05) is 18.1 Å². The second-order valence-corrected chi connectivity index (χ2v) is 5.86. The zero-order chi connectivity index (χ0) is 12.3. The molecular formula is C15H22ClN. The first-order valence-corrected chi connectivity index (χ1v) is 6.99. The van der Waals surface area contributed by atoms with E-state index >= 15 is 0 Å². The molecule has 1 nitrogen and oxygen atoms in total. The molecule has 2 heteroatoms. The first kappa shape index (κ1) is 12.9. The van der Waals surface area contributed by atoms with Crippen LogP contribution in [-0.2, 0) is 6.54 Å². The van der Waals surface area contributed by atoms with Gasteiger partial charge in [-0.25, -0.2) is 0 Å². The molecule has 1 aliphatic rings. The van der Waals surface area contributed by atoms with E-state index in [9.17, 15) is 0 Å². The summed E-state index contributed by atoms with van der Waals surface area (Å²) in [7, 11) is 0. The Morgan fingerprint density at radius 1 is 1.35 bits per heavy atom. The van der Waals surface area contributed by atoms with Crippen molar-refractivity contribution in [2.45, 2.75) is 46.1 Å². The lowest BCUT2D eigenvalue weighted by molar-refractivity contribution is 0.420. The predicted molar refractivity (Wildman–Crippen MR) is 74.5 cm³/mol. The van der Waals surface area contributed by atoms with Crippen molar-refractivity contribution in [2.75, 3.05) is 6.54 Å². The second-order valence-electron chi connectivity index (χ2n) is 5.42. The Kier molecular flexibility index (Phi) is 4.11. The number of halogens is 1. The molecule has 17 heavy (non-hydrogen) atoms. The Bertz CT molecular complexity index is 383. The fourth-order valence-electron chi connectivity index (χ4n) is 2.54. The summed E-state index contributed by atoms with van der Waals surface area (Å²) >= 11 is 5.95. The maximum Gasteiger partial charge on any atom is 0.0408 e. The van der Waals surface area contributed by atoms with Crippen LogP contribution in [0.3, 0.4) is 0 Å². The molecule has 1 aromatic carbocycles. The first-order valence-electron chi connectivity index (χ1n) is 6.61. The van der Waals surface area contributed by atoms with E-state index in [0.717, 1.165) is 11.6 Å². The highest BCUT2D eigenvalue weighted by atomic mass is 35.5. The Morgan fingerprint density at radius 3 is 2.71 bits per heavy atom. The Labute approximate surface area is 110 Å². The molecular weight excluding hydrogens is 230 g/mol. The van der Waals surface area contributed by atoms with Gasteiger partial charge < -0.3 is 5.32 Å². The van der Waals surface area contributed by atoms with Gasteiger partial charge in [0.15, 0.2) is 0 Å². The van der Waals surface area contributed by atoms with Gasteiger partial charge >= 0.3 is 0 Å². The Hall–Kier alpha value is -0.530. The SMILES string of the molecule is CCCC1(CNCc2ccc(Cl)cc2C)CC1. The average molecular weight is 252 g/mol.